The summed E-state index contributed by atoms with van der Waals surface area (Å²) < 4.78 is 23.4. The molecule has 0 saturated carbocycles. The summed E-state index contributed by atoms with van der Waals surface area (Å²) in [5, 5.41) is 3.09. The second-order valence-electron chi connectivity index (χ2n) is 3.87. The number of hydrogen-bond acceptors (Lipinski definition) is 4. The van der Waals surface area contributed by atoms with Gasteiger partial charge in [0.1, 0.15) is 0 Å². The molecule has 1 heterocycles. The van der Waals surface area contributed by atoms with Crippen LogP contribution in [0.15, 0.2) is 36.4 Å². The van der Waals surface area contributed by atoms with E-state index in [0.717, 1.165) is 5.69 Å². The second-order valence-corrected chi connectivity index (χ2v) is 3.87. The van der Waals surface area contributed by atoms with Gasteiger partial charge in [-0.15, -0.1) is 0 Å². The lowest BCUT2D eigenvalue weighted by atomic mass is 10.2. The van der Waals surface area contributed by atoms with Gasteiger partial charge in [0.2, 0.25) is 5.88 Å². The van der Waals surface area contributed by atoms with Crippen LogP contribution in [0.2, 0.25) is 0 Å². The van der Waals surface area contributed by atoms with E-state index in [2.05, 4.69) is 10.3 Å². The van der Waals surface area contributed by atoms with E-state index in [1.54, 1.807) is 25.3 Å². The predicted molar refractivity (Wildman–Crippen MR) is 71.1 cm³/mol. The fraction of sp³-hybridized carbons (Fsp3) is 0.214. The molecule has 0 aliphatic rings. The van der Waals surface area contributed by atoms with Crippen LogP contribution in [0.4, 0.5) is 10.1 Å². The summed E-state index contributed by atoms with van der Waals surface area (Å²) in [5.74, 6) is 0.386. The Balaban J connectivity index is 2.03. The number of benzene rings is 1. The first-order chi connectivity index (χ1) is 9.22. The molecule has 0 bridgehead atoms. The van der Waals surface area contributed by atoms with E-state index in [1.165, 1.54) is 13.2 Å². The largest absolute Gasteiger partial charge is 0.494 e. The first kappa shape index (κ1) is 13.1. The van der Waals surface area contributed by atoms with Crippen LogP contribution in [0.5, 0.6) is 11.6 Å². The number of nitrogens with one attached hydrogen (secondary N) is 1. The van der Waals surface area contributed by atoms with Crippen molar-refractivity contribution < 1.29 is 13.9 Å². The average molecular weight is 262 g/mol. The Morgan fingerprint density at radius 2 is 2.00 bits per heavy atom. The highest BCUT2D eigenvalue weighted by atomic mass is 19.1. The van der Waals surface area contributed by atoms with Gasteiger partial charge in [0.25, 0.3) is 0 Å². The Labute approximate surface area is 111 Å². The summed E-state index contributed by atoms with van der Waals surface area (Å²) in [5.41, 5.74) is 1.48. The van der Waals surface area contributed by atoms with Gasteiger partial charge in [-0.1, -0.05) is 6.07 Å². The molecule has 4 nitrogen and oxygen atoms in total. The van der Waals surface area contributed by atoms with Gasteiger partial charge in [0.15, 0.2) is 11.6 Å². The fourth-order valence-electron chi connectivity index (χ4n) is 1.64. The number of methoxy groups -OCH3 is 2. The normalized spacial score (nSPS) is 10.1. The van der Waals surface area contributed by atoms with E-state index in [-0.39, 0.29) is 5.75 Å². The van der Waals surface area contributed by atoms with E-state index in [0.29, 0.717) is 18.1 Å². The third kappa shape index (κ3) is 3.34. The van der Waals surface area contributed by atoms with Gasteiger partial charge in [0.05, 0.1) is 26.5 Å². The lowest BCUT2D eigenvalue weighted by molar-refractivity contribution is 0.386. The van der Waals surface area contributed by atoms with Crippen molar-refractivity contribution in [1.29, 1.82) is 0 Å². The van der Waals surface area contributed by atoms with Crippen LogP contribution in [-0.4, -0.2) is 19.2 Å². The van der Waals surface area contributed by atoms with Gasteiger partial charge in [-0.25, -0.2) is 9.37 Å². The molecule has 19 heavy (non-hydrogen) atoms. The third-order valence-corrected chi connectivity index (χ3v) is 2.62. The molecule has 0 fully saturated rings. The lowest BCUT2D eigenvalue weighted by Gasteiger charge is -2.08. The monoisotopic (exact) mass is 262 g/mol. The van der Waals surface area contributed by atoms with Gasteiger partial charge >= 0.3 is 0 Å². The van der Waals surface area contributed by atoms with Crippen LogP contribution in [0.3, 0.4) is 0 Å². The van der Waals surface area contributed by atoms with E-state index < -0.39 is 5.82 Å². The average Bonchev–Trinajstić information content (AvgIpc) is 2.45. The number of ether oxygens (including phenoxy) is 2. The summed E-state index contributed by atoms with van der Waals surface area (Å²) >= 11 is 0. The highest BCUT2D eigenvalue weighted by molar-refractivity contribution is 5.47. The number of aromatic nitrogens is 1. The lowest BCUT2D eigenvalue weighted by Crippen LogP contribution is -2.03. The van der Waals surface area contributed by atoms with E-state index in [4.69, 9.17) is 9.47 Å². The molecule has 100 valence electrons. The summed E-state index contributed by atoms with van der Waals surface area (Å²) in [6, 6.07) is 10.2. The molecule has 0 amide bonds. The van der Waals surface area contributed by atoms with Crippen molar-refractivity contribution in [2.75, 3.05) is 19.5 Å². The maximum atomic E-state index is 13.5. The van der Waals surface area contributed by atoms with Crippen LogP contribution in [0, 0.1) is 5.82 Å². The smallest absolute Gasteiger partial charge is 0.213 e. The van der Waals surface area contributed by atoms with Gasteiger partial charge in [-0.3, -0.25) is 0 Å². The van der Waals surface area contributed by atoms with Crippen molar-refractivity contribution in [2.24, 2.45) is 0 Å². The summed E-state index contributed by atoms with van der Waals surface area (Å²) in [7, 11) is 3.00. The minimum atomic E-state index is -0.397. The van der Waals surface area contributed by atoms with Crippen molar-refractivity contribution >= 4 is 5.69 Å². The number of hydrogen-bond donors (Lipinski definition) is 1. The molecule has 1 aromatic carbocycles. The molecule has 0 radical (unpaired) electrons. The molecule has 0 aliphatic heterocycles. The zero-order valence-electron chi connectivity index (χ0n) is 10.8. The molecule has 1 N–H and O–H groups in total. The Hall–Kier alpha value is -2.30. The first-order valence-corrected chi connectivity index (χ1v) is 5.80. The molecular formula is C14H15FN2O2. The molecule has 1 aromatic heterocycles. The number of halogens is 1. The number of nitrogens with zero attached hydrogens (tertiary/aromatic N) is 1. The van der Waals surface area contributed by atoms with Crippen molar-refractivity contribution in [2.45, 2.75) is 6.54 Å². The zero-order chi connectivity index (χ0) is 13.7. The molecular weight excluding hydrogens is 247 g/mol. The van der Waals surface area contributed by atoms with Crippen LogP contribution in [0.25, 0.3) is 0 Å². The Morgan fingerprint density at radius 1 is 1.16 bits per heavy atom. The maximum Gasteiger partial charge on any atom is 0.213 e. The minimum Gasteiger partial charge on any atom is -0.494 e. The van der Waals surface area contributed by atoms with E-state index in [1.807, 2.05) is 12.1 Å². The molecule has 0 saturated heterocycles. The second kappa shape index (κ2) is 6.04. The number of rotatable bonds is 5. The number of pyridine rings is 1. The van der Waals surface area contributed by atoms with Crippen molar-refractivity contribution in [3.05, 3.63) is 47.9 Å². The standard InChI is InChI=1S/C14H15FN2O2/c1-18-13-7-6-10(8-12(13)15)16-9-11-4-3-5-14(17-11)19-2/h3-8,16H,9H2,1-2H3. The molecule has 0 aliphatic carbocycles. The number of anilines is 1. The van der Waals surface area contributed by atoms with Gasteiger partial charge in [-0.05, 0) is 18.2 Å². The van der Waals surface area contributed by atoms with Crippen molar-refractivity contribution in [3.8, 4) is 11.6 Å². The fourth-order valence-corrected chi connectivity index (χ4v) is 1.64. The summed E-state index contributed by atoms with van der Waals surface area (Å²) in [4.78, 5) is 4.26. The van der Waals surface area contributed by atoms with Crippen molar-refractivity contribution in [1.82, 2.24) is 4.98 Å². The van der Waals surface area contributed by atoms with Crippen LogP contribution >= 0.6 is 0 Å². The van der Waals surface area contributed by atoms with Crippen LogP contribution in [-0.2, 0) is 6.54 Å². The molecule has 2 aromatic rings. The molecule has 2 rings (SSSR count). The highest BCUT2D eigenvalue weighted by Crippen LogP contribution is 2.21. The maximum absolute atomic E-state index is 13.5. The van der Waals surface area contributed by atoms with Crippen LogP contribution < -0.4 is 14.8 Å². The topological polar surface area (TPSA) is 43.4 Å². The third-order valence-electron chi connectivity index (χ3n) is 2.62. The first-order valence-electron chi connectivity index (χ1n) is 5.80. The SMILES string of the molecule is COc1cccc(CNc2ccc(OC)c(F)c2)n1. The quantitative estimate of drug-likeness (QED) is 0.899. The van der Waals surface area contributed by atoms with Gasteiger partial charge in [-0.2, -0.15) is 0 Å². The van der Waals surface area contributed by atoms with Crippen molar-refractivity contribution in [3.63, 3.8) is 0 Å². The molecule has 0 unspecified atom stereocenters. The molecule has 5 heteroatoms. The van der Waals surface area contributed by atoms with E-state index in [9.17, 15) is 4.39 Å². The van der Waals surface area contributed by atoms with Gasteiger partial charge < -0.3 is 14.8 Å². The van der Waals surface area contributed by atoms with E-state index >= 15 is 0 Å². The molecule has 0 spiro atoms. The Bertz CT molecular complexity index is 561. The minimum absolute atomic E-state index is 0.227. The highest BCUT2D eigenvalue weighted by Gasteiger charge is 2.03. The summed E-state index contributed by atoms with van der Waals surface area (Å²) in [6.45, 7) is 0.489. The Morgan fingerprint density at radius 3 is 2.68 bits per heavy atom. The zero-order valence-corrected chi connectivity index (χ0v) is 10.8. The Kier molecular flexibility index (Phi) is 4.18. The molecule has 0 atom stereocenters. The summed E-state index contributed by atoms with van der Waals surface area (Å²) in [6.07, 6.45) is 0. The predicted octanol–water partition coefficient (Wildman–Crippen LogP) is 2.85. The van der Waals surface area contributed by atoms with Gasteiger partial charge in [0, 0.05) is 17.8 Å². The van der Waals surface area contributed by atoms with Crippen LogP contribution in [0.1, 0.15) is 5.69 Å².